The Morgan fingerprint density at radius 1 is 0.360 bits per heavy atom. The number of fused-ring (bicyclic) bond motifs is 6. The molecule has 0 bridgehead atoms. The Kier molecular flexibility index (Phi) is 7.70. The molecule has 2 aliphatic rings. The van der Waals surface area contributed by atoms with Crippen molar-refractivity contribution in [2.45, 2.75) is 8.42 Å². The molecule has 6 heterocycles. The van der Waals surface area contributed by atoms with Gasteiger partial charge in [0.1, 0.15) is 0 Å². The highest BCUT2D eigenvalue weighted by atomic mass is 32.2. The van der Waals surface area contributed by atoms with E-state index in [9.17, 15) is 0 Å². The Balaban J connectivity index is 1.24. The van der Waals surface area contributed by atoms with E-state index in [0.717, 1.165) is 0 Å². The van der Waals surface area contributed by atoms with Gasteiger partial charge in [-0.25, -0.2) is 0 Å². The number of hydrogen-bond acceptors (Lipinski definition) is 6. The molecule has 4 aromatic carbocycles. The molecule has 8 aromatic rings. The quantitative estimate of drug-likeness (QED) is 0.120. The molecule has 50 heavy (non-hydrogen) atoms. The van der Waals surface area contributed by atoms with E-state index in [-0.39, 0.29) is 0 Å². The van der Waals surface area contributed by atoms with Gasteiger partial charge in [-0.15, -0.1) is 68.9 Å². The van der Waals surface area contributed by atoms with E-state index in [4.69, 9.17) is 0 Å². The molecule has 4 aromatic heterocycles. The standard InChI is InChI=1S/C42H30S6Si2/c1-43-37-25-35-41(47-37)39-33(49(35,27-15-7-3-8-16-27)28-17-9-4-10-18-28)23-31(45-39)32-24-34-40(46-32)42-36(26-38(44-2)48-42)50(34,29-19-11-5-12-20-29)30-21-13-6-14-22-30/h3-26H,1-2H3. The first-order valence-electron chi connectivity index (χ1n) is 16.6. The lowest BCUT2D eigenvalue weighted by molar-refractivity contribution is 1.70. The van der Waals surface area contributed by atoms with Gasteiger partial charge in [0.25, 0.3) is 0 Å². The molecule has 0 aliphatic carbocycles. The predicted molar refractivity (Wildman–Crippen MR) is 232 cm³/mol. The molecule has 0 saturated heterocycles. The monoisotopic (exact) mass is 782 g/mol. The van der Waals surface area contributed by atoms with E-state index in [1.165, 1.54) is 58.4 Å². The van der Waals surface area contributed by atoms with Crippen molar-refractivity contribution in [2.75, 3.05) is 12.5 Å². The minimum atomic E-state index is -2.51. The summed E-state index contributed by atoms with van der Waals surface area (Å²) in [6, 6.07) is 56.0. The van der Waals surface area contributed by atoms with Gasteiger partial charge in [0, 0.05) is 29.3 Å². The smallest absolute Gasteiger partial charge is 0.134 e. The normalized spacial score (nSPS) is 14.7. The maximum Gasteiger partial charge on any atom is 0.182 e. The highest BCUT2D eigenvalue weighted by molar-refractivity contribution is 8.00. The Morgan fingerprint density at radius 3 is 0.940 bits per heavy atom. The second-order valence-electron chi connectivity index (χ2n) is 12.7. The predicted octanol–water partition coefficient (Wildman–Crippen LogP) is 7.76. The van der Waals surface area contributed by atoms with Gasteiger partial charge in [0.2, 0.25) is 0 Å². The summed E-state index contributed by atoms with van der Waals surface area (Å²) in [5, 5.41) is 12.2. The molecular formula is C42H30S6Si2. The van der Waals surface area contributed by atoms with Gasteiger partial charge in [-0.3, -0.25) is 0 Å². The average Bonchev–Trinajstić information content (AvgIpc) is 4.02. The summed E-state index contributed by atoms with van der Waals surface area (Å²) in [6.45, 7) is 0. The first-order chi connectivity index (χ1) is 24.7. The van der Waals surface area contributed by atoms with E-state index < -0.39 is 16.1 Å². The summed E-state index contributed by atoms with van der Waals surface area (Å²) in [7, 11) is -5.01. The summed E-state index contributed by atoms with van der Waals surface area (Å²) in [5.41, 5.74) is 0. The van der Waals surface area contributed by atoms with Crippen LogP contribution in [0, 0.1) is 0 Å². The molecule has 8 heteroatoms. The van der Waals surface area contributed by atoms with Crippen molar-refractivity contribution in [1.29, 1.82) is 0 Å². The number of hydrogen-bond donors (Lipinski definition) is 0. The molecule has 0 saturated carbocycles. The Morgan fingerprint density at radius 2 is 0.640 bits per heavy atom. The number of rotatable bonds is 7. The van der Waals surface area contributed by atoms with Crippen molar-refractivity contribution in [3.05, 3.63) is 146 Å². The van der Waals surface area contributed by atoms with E-state index in [0.29, 0.717) is 0 Å². The van der Waals surface area contributed by atoms with Gasteiger partial charge in [-0.1, -0.05) is 121 Å². The van der Waals surface area contributed by atoms with Crippen molar-refractivity contribution >= 4 is 127 Å². The molecule has 0 spiro atoms. The Bertz CT molecular complexity index is 2250. The molecule has 0 fully saturated rings. The van der Waals surface area contributed by atoms with Gasteiger partial charge >= 0.3 is 0 Å². The SMILES string of the molecule is CSc1cc2c(s1)-c1sc(-c3cc4c(s3)-c3sc(SC)cc3[Si]4(c3ccccc3)c3ccccc3)cc1[Si]2(c1ccccc1)c1ccccc1. The van der Waals surface area contributed by atoms with Crippen LogP contribution in [0.15, 0.2) is 154 Å². The molecule has 0 N–H and O–H groups in total. The zero-order valence-corrected chi connectivity index (χ0v) is 34.2. The average molecular weight is 783 g/mol. The Labute approximate surface area is 319 Å². The summed E-state index contributed by atoms with van der Waals surface area (Å²) in [4.78, 5) is 8.79. The molecule has 0 radical (unpaired) electrons. The van der Waals surface area contributed by atoms with Crippen LogP contribution in [-0.4, -0.2) is 28.7 Å². The summed E-state index contributed by atoms with van der Waals surface area (Å²) < 4.78 is 2.82. The number of thiophene rings is 4. The fourth-order valence-electron chi connectivity index (χ4n) is 8.37. The van der Waals surface area contributed by atoms with Crippen molar-refractivity contribution in [3.8, 4) is 29.3 Å². The minimum Gasteiger partial charge on any atom is -0.134 e. The number of benzene rings is 4. The highest BCUT2D eigenvalue weighted by Crippen LogP contribution is 2.48. The largest absolute Gasteiger partial charge is 0.182 e. The first kappa shape index (κ1) is 31.5. The first-order valence-corrected chi connectivity index (χ1v) is 26.3. The van der Waals surface area contributed by atoms with Crippen LogP contribution in [0.5, 0.6) is 0 Å². The fourth-order valence-corrected chi connectivity index (χ4v) is 27.4. The third-order valence-corrected chi connectivity index (χ3v) is 27.9. The lowest BCUT2D eigenvalue weighted by atomic mass is 10.3. The van der Waals surface area contributed by atoms with Gasteiger partial charge in [-0.2, -0.15) is 0 Å². The highest BCUT2D eigenvalue weighted by Gasteiger charge is 2.53. The zero-order chi connectivity index (χ0) is 33.5. The second kappa shape index (κ2) is 12.2. The van der Waals surface area contributed by atoms with Crippen LogP contribution in [0.2, 0.25) is 0 Å². The summed E-state index contributed by atoms with van der Waals surface area (Å²) in [6.07, 6.45) is 4.44. The van der Waals surface area contributed by atoms with Crippen LogP contribution in [0.4, 0.5) is 0 Å². The van der Waals surface area contributed by atoms with Crippen molar-refractivity contribution < 1.29 is 0 Å². The Hall–Kier alpha value is -3.19. The molecule has 0 nitrogen and oxygen atoms in total. The van der Waals surface area contributed by atoms with Gasteiger partial charge < -0.3 is 0 Å². The molecular weight excluding hydrogens is 753 g/mol. The maximum atomic E-state index is 2.62. The van der Waals surface area contributed by atoms with Gasteiger partial charge in [0.05, 0.1) is 8.42 Å². The van der Waals surface area contributed by atoms with Crippen molar-refractivity contribution in [2.24, 2.45) is 0 Å². The lowest BCUT2D eigenvalue weighted by Gasteiger charge is -2.30. The van der Waals surface area contributed by atoms with Crippen LogP contribution in [0.1, 0.15) is 0 Å². The third-order valence-electron chi connectivity index (χ3n) is 10.4. The van der Waals surface area contributed by atoms with Crippen LogP contribution in [-0.2, 0) is 0 Å². The van der Waals surface area contributed by atoms with Crippen molar-refractivity contribution in [1.82, 2.24) is 0 Å². The summed E-state index contributed by atoms with van der Waals surface area (Å²) >= 11 is 11.8. The lowest BCUT2D eigenvalue weighted by Crippen LogP contribution is -2.72. The van der Waals surface area contributed by atoms with Crippen LogP contribution >= 0.6 is 68.9 Å². The topological polar surface area (TPSA) is 0 Å². The van der Waals surface area contributed by atoms with Crippen molar-refractivity contribution in [3.63, 3.8) is 0 Å². The van der Waals surface area contributed by atoms with E-state index in [1.54, 1.807) is 20.7 Å². The molecule has 0 amide bonds. The fraction of sp³-hybridized carbons (Fsp3) is 0.0476. The van der Waals surface area contributed by atoms with Crippen LogP contribution in [0.3, 0.4) is 0 Å². The van der Waals surface area contributed by atoms with E-state index in [2.05, 4.69) is 158 Å². The van der Waals surface area contributed by atoms with Crippen LogP contribution < -0.4 is 41.5 Å². The van der Waals surface area contributed by atoms with E-state index in [1.807, 2.05) is 68.9 Å². The molecule has 10 rings (SSSR count). The van der Waals surface area contributed by atoms with Gasteiger partial charge in [0.15, 0.2) is 16.1 Å². The third kappa shape index (κ3) is 4.34. The zero-order valence-electron chi connectivity index (χ0n) is 27.3. The van der Waals surface area contributed by atoms with E-state index >= 15 is 0 Å². The summed E-state index contributed by atoms with van der Waals surface area (Å²) in [5.74, 6) is 0. The second-order valence-corrected chi connectivity index (χ2v) is 26.6. The molecule has 0 unspecified atom stereocenters. The van der Waals surface area contributed by atoms with Gasteiger partial charge in [-0.05, 0) is 78.3 Å². The molecule has 242 valence electrons. The molecule has 2 aliphatic heterocycles. The molecule has 0 atom stereocenters. The minimum absolute atomic E-state index is 1.41. The maximum absolute atomic E-state index is 2.62. The number of thioether (sulfide) groups is 2. The van der Waals surface area contributed by atoms with Crippen LogP contribution in [0.25, 0.3) is 29.3 Å².